The number of rotatable bonds is 5. The summed E-state index contributed by atoms with van der Waals surface area (Å²) in [5, 5.41) is 0. The number of nitrogens with zero attached hydrogens (tertiary/aromatic N) is 1. The molecule has 0 radical (unpaired) electrons. The van der Waals surface area contributed by atoms with Crippen molar-refractivity contribution in [2.24, 2.45) is 0 Å². The topological polar surface area (TPSA) is 46.3 Å². The third kappa shape index (κ3) is 4.48. The minimum atomic E-state index is 0.174. The van der Waals surface area contributed by atoms with Crippen LogP contribution in [0, 0.1) is 0 Å². The maximum absolute atomic E-state index is 11.1. The Balaban J connectivity index is 2.19. The molecule has 2 rings (SSSR count). The van der Waals surface area contributed by atoms with Crippen LogP contribution < -0.4 is 10.6 Å². The van der Waals surface area contributed by atoms with Crippen molar-refractivity contribution in [2.45, 2.75) is 39.5 Å². The van der Waals surface area contributed by atoms with Crippen LogP contribution in [0.15, 0.2) is 35.9 Å². The van der Waals surface area contributed by atoms with Gasteiger partial charge in [-0.1, -0.05) is 30.7 Å². The summed E-state index contributed by atoms with van der Waals surface area (Å²) < 4.78 is 0. The Hall–Kier alpha value is -2.03. The van der Waals surface area contributed by atoms with Crippen LogP contribution >= 0.6 is 0 Å². The maximum atomic E-state index is 11.1. The first-order chi connectivity index (χ1) is 10.6. The zero-order valence-electron chi connectivity index (χ0n) is 13.6. The van der Waals surface area contributed by atoms with Crippen LogP contribution in [0.25, 0.3) is 6.08 Å². The van der Waals surface area contributed by atoms with Crippen LogP contribution in [0.4, 0.5) is 11.4 Å². The second kappa shape index (κ2) is 7.83. The SMILES string of the molecule is CCC1=CCCN(c2ccc(N)cc2/C=C/CC(C)=O)CC1. The molecule has 1 aromatic rings. The average molecular weight is 298 g/mol. The van der Waals surface area contributed by atoms with E-state index in [2.05, 4.69) is 24.0 Å². The predicted molar refractivity (Wildman–Crippen MR) is 95.0 cm³/mol. The highest BCUT2D eigenvalue weighted by Gasteiger charge is 2.13. The van der Waals surface area contributed by atoms with Crippen molar-refractivity contribution >= 4 is 23.2 Å². The number of nitrogens with two attached hydrogens (primary N) is 1. The zero-order chi connectivity index (χ0) is 15.9. The van der Waals surface area contributed by atoms with Crippen molar-refractivity contribution in [1.82, 2.24) is 0 Å². The molecule has 3 nitrogen and oxygen atoms in total. The number of hydrogen-bond acceptors (Lipinski definition) is 3. The molecule has 0 amide bonds. The lowest BCUT2D eigenvalue weighted by Gasteiger charge is -2.25. The van der Waals surface area contributed by atoms with Gasteiger partial charge in [-0.2, -0.15) is 0 Å². The molecular weight excluding hydrogens is 272 g/mol. The van der Waals surface area contributed by atoms with E-state index < -0.39 is 0 Å². The number of Topliss-reactive ketones (excluding diaryl/α,β-unsaturated/α-hetero) is 1. The van der Waals surface area contributed by atoms with E-state index in [0.29, 0.717) is 6.42 Å². The van der Waals surface area contributed by atoms with Crippen LogP contribution in [0.1, 0.15) is 45.1 Å². The number of hydrogen-bond donors (Lipinski definition) is 1. The van der Waals surface area contributed by atoms with Crippen LogP contribution in [-0.2, 0) is 4.79 Å². The molecule has 1 aliphatic heterocycles. The number of ketones is 1. The molecule has 22 heavy (non-hydrogen) atoms. The average Bonchev–Trinajstić information content (AvgIpc) is 2.72. The molecule has 0 aliphatic carbocycles. The molecule has 0 atom stereocenters. The Morgan fingerprint density at radius 1 is 1.36 bits per heavy atom. The van der Waals surface area contributed by atoms with E-state index >= 15 is 0 Å². The van der Waals surface area contributed by atoms with E-state index in [1.54, 1.807) is 12.5 Å². The van der Waals surface area contributed by atoms with Gasteiger partial charge >= 0.3 is 0 Å². The summed E-state index contributed by atoms with van der Waals surface area (Å²) in [5.41, 5.74) is 10.5. The summed E-state index contributed by atoms with van der Waals surface area (Å²) in [6.07, 6.45) is 10.1. The summed E-state index contributed by atoms with van der Waals surface area (Å²) >= 11 is 0. The van der Waals surface area contributed by atoms with Gasteiger partial charge in [-0.25, -0.2) is 0 Å². The zero-order valence-corrected chi connectivity index (χ0v) is 13.6. The quantitative estimate of drug-likeness (QED) is 0.654. The standard InChI is InChI=1S/C19H26N2O/c1-3-16-7-5-12-21(13-11-16)19-10-9-18(20)14-17(19)8-4-6-15(2)22/h4,7-10,14H,3,5-6,11-13,20H2,1-2H3/b8-4+. The van der Waals surface area contributed by atoms with Gasteiger partial charge in [0.1, 0.15) is 5.78 Å². The van der Waals surface area contributed by atoms with E-state index in [1.807, 2.05) is 24.3 Å². The Bertz CT molecular complexity index is 587. The van der Waals surface area contributed by atoms with Crippen molar-refractivity contribution in [2.75, 3.05) is 23.7 Å². The number of carbonyl (C=O) groups is 1. The highest BCUT2D eigenvalue weighted by molar-refractivity contribution is 5.79. The molecular formula is C19H26N2O. The summed E-state index contributed by atoms with van der Waals surface area (Å²) in [5.74, 6) is 0.174. The molecule has 118 valence electrons. The third-order valence-corrected chi connectivity index (χ3v) is 4.08. The van der Waals surface area contributed by atoms with Gasteiger partial charge in [0.2, 0.25) is 0 Å². The van der Waals surface area contributed by atoms with Gasteiger partial charge in [-0.05, 0) is 49.9 Å². The predicted octanol–water partition coefficient (Wildman–Crippen LogP) is 4.20. The summed E-state index contributed by atoms with van der Waals surface area (Å²) in [6.45, 7) is 5.90. The summed E-state index contributed by atoms with van der Waals surface area (Å²) in [7, 11) is 0. The van der Waals surface area contributed by atoms with E-state index in [-0.39, 0.29) is 5.78 Å². The van der Waals surface area contributed by atoms with Gasteiger partial charge in [-0.3, -0.25) is 4.79 Å². The Morgan fingerprint density at radius 2 is 2.18 bits per heavy atom. The molecule has 1 aromatic carbocycles. The minimum Gasteiger partial charge on any atom is -0.399 e. The van der Waals surface area contributed by atoms with Gasteiger partial charge in [-0.15, -0.1) is 0 Å². The lowest BCUT2D eigenvalue weighted by Crippen LogP contribution is -2.25. The third-order valence-electron chi connectivity index (χ3n) is 4.08. The summed E-state index contributed by atoms with van der Waals surface area (Å²) in [4.78, 5) is 13.5. The fraction of sp³-hybridized carbons (Fsp3) is 0.421. The Labute approximate surface area is 133 Å². The van der Waals surface area contributed by atoms with Crippen molar-refractivity contribution in [1.29, 1.82) is 0 Å². The number of allylic oxidation sites excluding steroid dienone is 1. The highest BCUT2D eigenvalue weighted by atomic mass is 16.1. The van der Waals surface area contributed by atoms with Crippen molar-refractivity contribution in [3.8, 4) is 0 Å². The number of benzene rings is 1. The molecule has 0 fully saturated rings. The van der Waals surface area contributed by atoms with E-state index in [0.717, 1.165) is 43.6 Å². The van der Waals surface area contributed by atoms with Crippen LogP contribution in [0.5, 0.6) is 0 Å². The molecule has 0 spiro atoms. The lowest BCUT2D eigenvalue weighted by molar-refractivity contribution is -0.116. The first-order valence-electron chi connectivity index (χ1n) is 8.08. The minimum absolute atomic E-state index is 0.174. The molecule has 0 bridgehead atoms. The molecule has 0 unspecified atom stereocenters. The Kier molecular flexibility index (Phi) is 5.82. The fourth-order valence-corrected chi connectivity index (χ4v) is 2.83. The van der Waals surface area contributed by atoms with Crippen molar-refractivity contribution in [3.05, 3.63) is 41.5 Å². The molecule has 2 N–H and O–H groups in total. The molecule has 0 aromatic heterocycles. The van der Waals surface area contributed by atoms with E-state index in [1.165, 1.54) is 5.69 Å². The van der Waals surface area contributed by atoms with Gasteiger partial charge in [0, 0.05) is 30.9 Å². The van der Waals surface area contributed by atoms with Gasteiger partial charge in [0.15, 0.2) is 0 Å². The highest BCUT2D eigenvalue weighted by Crippen LogP contribution is 2.27. The van der Waals surface area contributed by atoms with E-state index in [4.69, 9.17) is 5.73 Å². The van der Waals surface area contributed by atoms with E-state index in [9.17, 15) is 4.79 Å². The second-order valence-corrected chi connectivity index (χ2v) is 5.87. The second-order valence-electron chi connectivity index (χ2n) is 5.87. The number of carbonyl (C=O) groups excluding carboxylic acids is 1. The largest absolute Gasteiger partial charge is 0.399 e. The van der Waals surface area contributed by atoms with Crippen LogP contribution in [0.2, 0.25) is 0 Å². The lowest BCUT2D eigenvalue weighted by atomic mass is 10.1. The Morgan fingerprint density at radius 3 is 2.91 bits per heavy atom. The van der Waals surface area contributed by atoms with Crippen LogP contribution in [-0.4, -0.2) is 18.9 Å². The van der Waals surface area contributed by atoms with Crippen molar-refractivity contribution in [3.63, 3.8) is 0 Å². The smallest absolute Gasteiger partial charge is 0.133 e. The molecule has 0 saturated heterocycles. The monoisotopic (exact) mass is 298 g/mol. The van der Waals surface area contributed by atoms with Crippen molar-refractivity contribution < 1.29 is 4.79 Å². The van der Waals surface area contributed by atoms with Crippen LogP contribution in [0.3, 0.4) is 0 Å². The molecule has 1 heterocycles. The maximum Gasteiger partial charge on any atom is 0.133 e. The first-order valence-corrected chi connectivity index (χ1v) is 8.08. The first kappa shape index (κ1) is 16.3. The fourth-order valence-electron chi connectivity index (χ4n) is 2.83. The number of anilines is 2. The number of nitrogen functional groups attached to an aromatic ring is 1. The molecule has 1 aliphatic rings. The van der Waals surface area contributed by atoms with Gasteiger partial charge < -0.3 is 10.6 Å². The van der Waals surface area contributed by atoms with Gasteiger partial charge in [0.05, 0.1) is 0 Å². The molecule has 3 heteroatoms. The molecule has 0 saturated carbocycles. The van der Waals surface area contributed by atoms with Gasteiger partial charge in [0.25, 0.3) is 0 Å². The summed E-state index contributed by atoms with van der Waals surface area (Å²) in [6, 6.07) is 6.04. The normalized spacial score (nSPS) is 15.7.